The second-order valence-electron chi connectivity index (χ2n) is 7.21. The van der Waals surface area contributed by atoms with E-state index in [2.05, 4.69) is 10.6 Å². The van der Waals surface area contributed by atoms with Crippen molar-refractivity contribution in [2.24, 2.45) is 5.92 Å². The summed E-state index contributed by atoms with van der Waals surface area (Å²) in [4.78, 5) is 24.2. The number of amides is 2. The summed E-state index contributed by atoms with van der Waals surface area (Å²) in [6.07, 6.45) is 3.85. The van der Waals surface area contributed by atoms with Crippen molar-refractivity contribution in [1.29, 1.82) is 0 Å². The van der Waals surface area contributed by atoms with Gasteiger partial charge in [0.1, 0.15) is 5.58 Å². The number of rotatable bonds is 5. The minimum atomic E-state index is -0.106. The molecule has 4 rings (SSSR count). The fourth-order valence-corrected chi connectivity index (χ4v) is 3.13. The summed E-state index contributed by atoms with van der Waals surface area (Å²) < 4.78 is 5.67. The van der Waals surface area contributed by atoms with E-state index in [4.69, 9.17) is 4.42 Å². The maximum Gasteiger partial charge on any atom is 0.228 e. The van der Waals surface area contributed by atoms with Crippen molar-refractivity contribution < 1.29 is 14.0 Å². The third kappa shape index (κ3) is 3.72. The van der Waals surface area contributed by atoms with Gasteiger partial charge >= 0.3 is 0 Å². The molecule has 0 aliphatic heterocycles. The number of hydrogen-bond acceptors (Lipinski definition) is 3. The van der Waals surface area contributed by atoms with Gasteiger partial charge in [-0.2, -0.15) is 0 Å². The van der Waals surface area contributed by atoms with Crippen molar-refractivity contribution in [2.75, 3.05) is 10.6 Å². The minimum Gasteiger partial charge on any atom is -0.464 e. The molecule has 1 aliphatic carbocycles. The van der Waals surface area contributed by atoms with Crippen LogP contribution >= 0.6 is 0 Å². The zero-order valence-electron chi connectivity index (χ0n) is 15.5. The average Bonchev–Trinajstić information content (AvgIpc) is 3.42. The molecule has 0 bridgehead atoms. The molecule has 3 aromatic rings. The molecule has 2 N–H and O–H groups in total. The number of fused-ring (bicyclic) bond motifs is 1. The largest absolute Gasteiger partial charge is 0.464 e. The Labute approximate surface area is 157 Å². The van der Waals surface area contributed by atoms with E-state index in [1.807, 2.05) is 26.0 Å². The Kier molecular flexibility index (Phi) is 4.44. The number of carbonyl (C=O) groups is 2. The highest BCUT2D eigenvalue weighted by Crippen LogP contribution is 2.30. The molecule has 0 saturated heterocycles. The number of furan rings is 1. The molecule has 1 fully saturated rings. The van der Waals surface area contributed by atoms with Crippen LogP contribution < -0.4 is 10.6 Å². The summed E-state index contributed by atoms with van der Waals surface area (Å²) in [5.74, 6) is 0.136. The first-order valence-corrected chi connectivity index (χ1v) is 9.18. The monoisotopic (exact) mass is 362 g/mol. The predicted molar refractivity (Wildman–Crippen MR) is 106 cm³/mol. The molecule has 2 aromatic carbocycles. The maximum atomic E-state index is 12.4. The van der Waals surface area contributed by atoms with Crippen molar-refractivity contribution >= 4 is 34.2 Å². The molecule has 5 nitrogen and oxygen atoms in total. The zero-order valence-corrected chi connectivity index (χ0v) is 15.5. The highest BCUT2D eigenvalue weighted by molar-refractivity contribution is 5.97. The van der Waals surface area contributed by atoms with Gasteiger partial charge in [-0.25, -0.2) is 0 Å². The normalized spacial score (nSPS) is 13.6. The fourth-order valence-electron chi connectivity index (χ4n) is 3.13. The van der Waals surface area contributed by atoms with Crippen LogP contribution in [0.15, 0.2) is 47.1 Å². The maximum absolute atomic E-state index is 12.4. The summed E-state index contributed by atoms with van der Waals surface area (Å²) in [7, 11) is 0. The van der Waals surface area contributed by atoms with Gasteiger partial charge in [-0.1, -0.05) is 12.1 Å². The second kappa shape index (κ2) is 6.91. The zero-order chi connectivity index (χ0) is 19.0. The average molecular weight is 362 g/mol. The summed E-state index contributed by atoms with van der Waals surface area (Å²) in [6.45, 7) is 4.06. The first-order chi connectivity index (χ1) is 13.0. The van der Waals surface area contributed by atoms with E-state index in [0.29, 0.717) is 5.69 Å². The van der Waals surface area contributed by atoms with Gasteiger partial charge in [-0.15, -0.1) is 0 Å². The molecule has 27 heavy (non-hydrogen) atoms. The van der Waals surface area contributed by atoms with Gasteiger partial charge in [0, 0.05) is 28.2 Å². The lowest BCUT2D eigenvalue weighted by atomic mass is 10.0. The van der Waals surface area contributed by atoms with Crippen molar-refractivity contribution in [3.05, 3.63) is 59.4 Å². The number of aryl methyl sites for hydroxylation is 2. The van der Waals surface area contributed by atoms with E-state index in [0.717, 1.165) is 40.6 Å². The van der Waals surface area contributed by atoms with Crippen LogP contribution in [0.5, 0.6) is 0 Å². The topological polar surface area (TPSA) is 71.3 Å². The number of benzene rings is 2. The lowest BCUT2D eigenvalue weighted by Crippen LogP contribution is -2.15. The van der Waals surface area contributed by atoms with E-state index < -0.39 is 0 Å². The third-order valence-electron chi connectivity index (χ3n) is 5.08. The molecule has 1 saturated carbocycles. The molecule has 0 spiro atoms. The van der Waals surface area contributed by atoms with E-state index in [1.165, 1.54) is 5.56 Å². The highest BCUT2D eigenvalue weighted by atomic mass is 16.3. The van der Waals surface area contributed by atoms with Gasteiger partial charge in [0.2, 0.25) is 11.8 Å². The van der Waals surface area contributed by atoms with Crippen LogP contribution in [0.1, 0.15) is 29.5 Å². The first kappa shape index (κ1) is 17.3. The van der Waals surface area contributed by atoms with Gasteiger partial charge in [0.25, 0.3) is 0 Å². The standard InChI is InChI=1S/C22H22N2O3/c1-13-3-10-19-16(12-27-21(19)14(13)2)11-20(25)23-17-6-8-18(9-7-17)24-22(26)15-4-5-15/h3,6-10,12,15H,4-5,11H2,1-2H3,(H,23,25)(H,24,26). The van der Waals surface area contributed by atoms with E-state index in [1.54, 1.807) is 30.5 Å². The highest BCUT2D eigenvalue weighted by Gasteiger charge is 2.29. The minimum absolute atomic E-state index is 0.0733. The first-order valence-electron chi connectivity index (χ1n) is 9.18. The van der Waals surface area contributed by atoms with Gasteiger partial charge in [-0.3, -0.25) is 9.59 Å². The Balaban J connectivity index is 1.40. The molecule has 5 heteroatoms. The van der Waals surface area contributed by atoms with Crippen LogP contribution in [0, 0.1) is 19.8 Å². The van der Waals surface area contributed by atoms with Crippen LogP contribution in [0.3, 0.4) is 0 Å². The van der Waals surface area contributed by atoms with Crippen molar-refractivity contribution in [1.82, 2.24) is 0 Å². The Hall–Kier alpha value is -3.08. The molecular formula is C22H22N2O3. The fraction of sp³-hybridized carbons (Fsp3) is 0.273. The SMILES string of the molecule is Cc1ccc2c(CC(=O)Nc3ccc(NC(=O)C4CC4)cc3)coc2c1C. The predicted octanol–water partition coefficient (Wildman–Crippen LogP) is 4.58. The Morgan fingerprint density at radius 1 is 1.00 bits per heavy atom. The number of carbonyl (C=O) groups excluding carboxylic acids is 2. The molecule has 138 valence electrons. The molecular weight excluding hydrogens is 340 g/mol. The van der Waals surface area contributed by atoms with E-state index in [-0.39, 0.29) is 24.2 Å². The van der Waals surface area contributed by atoms with Gasteiger partial charge in [0.05, 0.1) is 12.7 Å². The molecule has 1 aromatic heterocycles. The number of hydrogen-bond donors (Lipinski definition) is 2. The number of anilines is 2. The Morgan fingerprint density at radius 3 is 2.33 bits per heavy atom. The van der Waals surface area contributed by atoms with Crippen LogP contribution in [0.25, 0.3) is 11.0 Å². The molecule has 1 aliphatic rings. The van der Waals surface area contributed by atoms with Crippen LogP contribution in [0.2, 0.25) is 0 Å². The Bertz CT molecular complexity index is 1010. The van der Waals surface area contributed by atoms with Crippen LogP contribution in [-0.4, -0.2) is 11.8 Å². The van der Waals surface area contributed by atoms with Gasteiger partial charge < -0.3 is 15.1 Å². The molecule has 0 atom stereocenters. The van der Waals surface area contributed by atoms with E-state index in [9.17, 15) is 9.59 Å². The summed E-state index contributed by atoms with van der Waals surface area (Å²) in [5, 5.41) is 6.76. The van der Waals surface area contributed by atoms with Crippen molar-refractivity contribution in [2.45, 2.75) is 33.1 Å². The van der Waals surface area contributed by atoms with Crippen molar-refractivity contribution in [3.8, 4) is 0 Å². The van der Waals surface area contributed by atoms with E-state index >= 15 is 0 Å². The molecule has 0 unspecified atom stereocenters. The lowest BCUT2D eigenvalue weighted by Gasteiger charge is -2.07. The number of nitrogens with one attached hydrogen (secondary N) is 2. The third-order valence-corrected chi connectivity index (χ3v) is 5.08. The lowest BCUT2D eigenvalue weighted by molar-refractivity contribution is -0.117. The summed E-state index contributed by atoms with van der Waals surface area (Å²) in [6, 6.07) is 11.2. The molecule has 1 heterocycles. The van der Waals surface area contributed by atoms with Crippen LogP contribution in [0.4, 0.5) is 11.4 Å². The van der Waals surface area contributed by atoms with Gasteiger partial charge in [-0.05, 0) is 62.1 Å². The van der Waals surface area contributed by atoms with Gasteiger partial charge in [0.15, 0.2) is 0 Å². The Morgan fingerprint density at radius 2 is 1.67 bits per heavy atom. The van der Waals surface area contributed by atoms with Crippen LogP contribution in [-0.2, 0) is 16.0 Å². The molecule has 0 radical (unpaired) electrons. The quantitative estimate of drug-likeness (QED) is 0.698. The smallest absolute Gasteiger partial charge is 0.228 e. The summed E-state index contributed by atoms with van der Waals surface area (Å²) >= 11 is 0. The second-order valence-corrected chi connectivity index (χ2v) is 7.21. The van der Waals surface area contributed by atoms with Crippen molar-refractivity contribution in [3.63, 3.8) is 0 Å². The molecule has 2 amide bonds. The summed E-state index contributed by atoms with van der Waals surface area (Å²) in [5.41, 5.74) is 5.43.